The van der Waals surface area contributed by atoms with Gasteiger partial charge in [-0.3, -0.25) is 4.99 Å². The maximum Gasteiger partial charge on any atom is 0.195 e. The standard InChI is InChI=1S/C17H20FN3O2.HI/c1-19-17(20-11-12-5-4-6-13(18)9-12)21-14-7-8-15(22-2)16(10-14)23-3;/h4-10H,11H2,1-3H3,(H2,19,20,21);1H. The highest BCUT2D eigenvalue weighted by molar-refractivity contribution is 14.0. The molecule has 0 aromatic heterocycles. The van der Waals surface area contributed by atoms with E-state index in [0.29, 0.717) is 24.0 Å². The molecule has 0 atom stereocenters. The van der Waals surface area contributed by atoms with Crippen LogP contribution >= 0.6 is 24.0 Å². The molecule has 0 amide bonds. The van der Waals surface area contributed by atoms with Crippen LogP contribution in [0.25, 0.3) is 0 Å². The number of aliphatic imine (C=N–C) groups is 1. The van der Waals surface area contributed by atoms with Crippen molar-refractivity contribution in [1.29, 1.82) is 0 Å². The highest BCUT2D eigenvalue weighted by Crippen LogP contribution is 2.29. The van der Waals surface area contributed by atoms with Crippen molar-refractivity contribution in [3.8, 4) is 11.5 Å². The summed E-state index contributed by atoms with van der Waals surface area (Å²) in [4.78, 5) is 4.15. The van der Waals surface area contributed by atoms with E-state index in [2.05, 4.69) is 15.6 Å². The van der Waals surface area contributed by atoms with Crippen molar-refractivity contribution in [2.45, 2.75) is 6.54 Å². The normalized spacial score (nSPS) is 10.6. The number of ether oxygens (including phenoxy) is 2. The van der Waals surface area contributed by atoms with E-state index < -0.39 is 0 Å². The van der Waals surface area contributed by atoms with Gasteiger partial charge >= 0.3 is 0 Å². The van der Waals surface area contributed by atoms with Crippen LogP contribution in [0.1, 0.15) is 5.56 Å². The first kappa shape index (κ1) is 20.0. The van der Waals surface area contributed by atoms with Crippen molar-refractivity contribution in [2.75, 3.05) is 26.6 Å². The van der Waals surface area contributed by atoms with Crippen LogP contribution in [-0.2, 0) is 6.54 Å². The van der Waals surface area contributed by atoms with Crippen LogP contribution in [0.2, 0.25) is 0 Å². The van der Waals surface area contributed by atoms with Crippen LogP contribution in [0.4, 0.5) is 10.1 Å². The van der Waals surface area contributed by atoms with Crippen LogP contribution in [0.5, 0.6) is 11.5 Å². The molecule has 0 saturated carbocycles. The largest absolute Gasteiger partial charge is 0.493 e. The van der Waals surface area contributed by atoms with E-state index in [1.54, 1.807) is 33.4 Å². The molecular formula is C17H21FIN3O2. The lowest BCUT2D eigenvalue weighted by Crippen LogP contribution is -2.30. The first-order valence-electron chi connectivity index (χ1n) is 7.10. The smallest absolute Gasteiger partial charge is 0.195 e. The van der Waals surface area contributed by atoms with E-state index in [1.807, 2.05) is 18.2 Å². The lowest BCUT2D eigenvalue weighted by atomic mass is 10.2. The molecule has 2 rings (SSSR count). The molecule has 2 aromatic rings. The first-order chi connectivity index (χ1) is 11.2. The van der Waals surface area contributed by atoms with E-state index in [4.69, 9.17) is 9.47 Å². The van der Waals surface area contributed by atoms with E-state index in [0.717, 1.165) is 11.3 Å². The van der Waals surface area contributed by atoms with Crippen molar-refractivity contribution in [3.63, 3.8) is 0 Å². The number of nitrogens with one attached hydrogen (secondary N) is 2. The van der Waals surface area contributed by atoms with E-state index in [-0.39, 0.29) is 29.8 Å². The SMILES string of the molecule is CN=C(NCc1cccc(F)c1)Nc1ccc(OC)c(OC)c1.I. The van der Waals surface area contributed by atoms with Gasteiger partial charge in [0.15, 0.2) is 17.5 Å². The Morgan fingerprint density at radius 1 is 1.08 bits per heavy atom. The number of halogens is 2. The zero-order chi connectivity index (χ0) is 16.7. The number of anilines is 1. The van der Waals surface area contributed by atoms with Gasteiger partial charge in [-0.15, -0.1) is 24.0 Å². The summed E-state index contributed by atoms with van der Waals surface area (Å²) in [5, 5.41) is 6.28. The van der Waals surface area contributed by atoms with Gasteiger partial charge in [-0.1, -0.05) is 12.1 Å². The minimum absolute atomic E-state index is 0. The molecule has 5 nitrogen and oxygen atoms in total. The van der Waals surface area contributed by atoms with Crippen LogP contribution in [0.15, 0.2) is 47.5 Å². The Kier molecular flexibility index (Phi) is 8.31. The van der Waals surface area contributed by atoms with Crippen LogP contribution in [0.3, 0.4) is 0 Å². The molecule has 2 N–H and O–H groups in total. The van der Waals surface area contributed by atoms with Crippen LogP contribution in [0, 0.1) is 5.82 Å². The molecule has 0 spiro atoms. The molecule has 0 saturated heterocycles. The van der Waals surface area contributed by atoms with Gasteiger partial charge in [0.1, 0.15) is 5.82 Å². The molecule has 7 heteroatoms. The Morgan fingerprint density at radius 2 is 1.83 bits per heavy atom. The molecule has 24 heavy (non-hydrogen) atoms. The Bertz CT molecular complexity index is 695. The van der Waals surface area contributed by atoms with Crippen molar-refractivity contribution in [2.24, 2.45) is 4.99 Å². The first-order valence-corrected chi connectivity index (χ1v) is 7.10. The van der Waals surface area contributed by atoms with E-state index in [9.17, 15) is 4.39 Å². The minimum atomic E-state index is -0.257. The predicted molar refractivity (Wildman–Crippen MR) is 105 cm³/mol. The highest BCUT2D eigenvalue weighted by Gasteiger charge is 2.06. The third-order valence-electron chi connectivity index (χ3n) is 3.22. The second-order valence-electron chi connectivity index (χ2n) is 4.75. The summed E-state index contributed by atoms with van der Waals surface area (Å²) in [6.45, 7) is 0.463. The molecule has 0 aliphatic rings. The minimum Gasteiger partial charge on any atom is -0.493 e. The van der Waals surface area contributed by atoms with Gasteiger partial charge in [0.2, 0.25) is 0 Å². The third kappa shape index (κ3) is 5.55. The fourth-order valence-electron chi connectivity index (χ4n) is 2.06. The zero-order valence-electron chi connectivity index (χ0n) is 13.8. The summed E-state index contributed by atoms with van der Waals surface area (Å²) in [5.74, 6) is 1.59. The topological polar surface area (TPSA) is 54.9 Å². The summed E-state index contributed by atoms with van der Waals surface area (Å²) >= 11 is 0. The number of hydrogen-bond donors (Lipinski definition) is 2. The maximum absolute atomic E-state index is 13.2. The summed E-state index contributed by atoms with van der Waals surface area (Å²) in [6.07, 6.45) is 0. The molecule has 0 heterocycles. The fraction of sp³-hybridized carbons (Fsp3) is 0.235. The summed E-state index contributed by atoms with van der Waals surface area (Å²) in [7, 11) is 4.84. The predicted octanol–water partition coefficient (Wildman–Crippen LogP) is 3.65. The number of nitrogens with zero attached hydrogens (tertiary/aromatic N) is 1. The molecule has 0 aliphatic carbocycles. The quantitative estimate of drug-likeness (QED) is 0.419. The lowest BCUT2D eigenvalue weighted by molar-refractivity contribution is 0.355. The zero-order valence-corrected chi connectivity index (χ0v) is 16.1. The fourth-order valence-corrected chi connectivity index (χ4v) is 2.06. The Balaban J connectivity index is 0.00000288. The summed E-state index contributed by atoms with van der Waals surface area (Å²) in [5.41, 5.74) is 1.63. The monoisotopic (exact) mass is 445 g/mol. The van der Waals surface area contributed by atoms with Gasteiger partial charge in [-0.05, 0) is 29.8 Å². The van der Waals surface area contributed by atoms with Crippen molar-refractivity contribution in [3.05, 3.63) is 53.8 Å². The number of methoxy groups -OCH3 is 2. The number of benzene rings is 2. The summed E-state index contributed by atoms with van der Waals surface area (Å²) < 4.78 is 23.6. The van der Waals surface area contributed by atoms with Gasteiger partial charge in [0, 0.05) is 25.3 Å². The molecule has 0 fully saturated rings. The maximum atomic E-state index is 13.2. The van der Waals surface area contributed by atoms with Crippen LogP contribution < -0.4 is 20.1 Å². The highest BCUT2D eigenvalue weighted by atomic mass is 127. The summed E-state index contributed by atoms with van der Waals surface area (Å²) in [6, 6.07) is 11.9. The molecule has 0 unspecified atom stereocenters. The molecule has 0 radical (unpaired) electrons. The van der Waals surface area contributed by atoms with Crippen molar-refractivity contribution < 1.29 is 13.9 Å². The van der Waals surface area contributed by atoms with E-state index >= 15 is 0 Å². The van der Waals surface area contributed by atoms with Gasteiger partial charge in [0.25, 0.3) is 0 Å². The lowest BCUT2D eigenvalue weighted by Gasteiger charge is -2.14. The van der Waals surface area contributed by atoms with Gasteiger partial charge in [-0.2, -0.15) is 0 Å². The van der Waals surface area contributed by atoms with Gasteiger partial charge in [-0.25, -0.2) is 4.39 Å². The Labute approximate surface area is 158 Å². The molecule has 130 valence electrons. The Morgan fingerprint density at radius 3 is 2.46 bits per heavy atom. The third-order valence-corrected chi connectivity index (χ3v) is 3.22. The van der Waals surface area contributed by atoms with E-state index in [1.165, 1.54) is 12.1 Å². The Hall–Kier alpha value is -2.03. The number of hydrogen-bond acceptors (Lipinski definition) is 3. The van der Waals surface area contributed by atoms with Crippen molar-refractivity contribution >= 4 is 35.6 Å². The van der Waals surface area contributed by atoms with Gasteiger partial charge < -0.3 is 20.1 Å². The average molecular weight is 445 g/mol. The van der Waals surface area contributed by atoms with Crippen LogP contribution in [-0.4, -0.2) is 27.2 Å². The number of rotatable bonds is 5. The average Bonchev–Trinajstić information content (AvgIpc) is 2.58. The molecular weight excluding hydrogens is 424 g/mol. The second-order valence-corrected chi connectivity index (χ2v) is 4.75. The van der Waals surface area contributed by atoms with Gasteiger partial charge in [0.05, 0.1) is 14.2 Å². The van der Waals surface area contributed by atoms with Crippen molar-refractivity contribution in [1.82, 2.24) is 5.32 Å². The molecule has 0 aliphatic heterocycles. The number of guanidine groups is 1. The molecule has 0 bridgehead atoms. The second kappa shape index (κ2) is 9.96. The molecule has 2 aromatic carbocycles.